The van der Waals surface area contributed by atoms with Gasteiger partial charge in [0.15, 0.2) is 0 Å². The van der Waals surface area contributed by atoms with Gasteiger partial charge in [0.05, 0.1) is 17.4 Å². The van der Waals surface area contributed by atoms with E-state index in [1.54, 1.807) is 36.1 Å². The molecule has 0 bridgehead atoms. The minimum Gasteiger partial charge on any atom is -0.483 e. The van der Waals surface area contributed by atoms with Crippen LogP contribution >= 0.6 is 11.6 Å². The summed E-state index contributed by atoms with van der Waals surface area (Å²) < 4.78 is 29.0. The Labute approximate surface area is 238 Å². The number of primary amides is 1. The number of likely N-dealkylation sites (N-methyl/N-ethyl adjacent to an activating group) is 1. The van der Waals surface area contributed by atoms with Crippen molar-refractivity contribution in [2.24, 2.45) is 11.7 Å². The number of carboxylic acid groups (broad SMARTS) is 1. The number of hydrogen-bond acceptors (Lipinski definition) is 7. The number of benzene rings is 2. The van der Waals surface area contributed by atoms with Gasteiger partial charge in [-0.3, -0.25) is 19.2 Å². The van der Waals surface area contributed by atoms with E-state index in [4.69, 9.17) is 27.2 Å². The van der Waals surface area contributed by atoms with E-state index in [1.807, 2.05) is 7.05 Å². The first-order valence-electron chi connectivity index (χ1n) is 12.7. The molecule has 2 aliphatic rings. The number of nitrogens with zero attached hydrogens (tertiary/aromatic N) is 3. The summed E-state index contributed by atoms with van der Waals surface area (Å²) in [5.74, 6) is -2.92. The van der Waals surface area contributed by atoms with Crippen molar-refractivity contribution < 1.29 is 32.7 Å². The third kappa shape index (κ3) is 6.38. The van der Waals surface area contributed by atoms with Crippen molar-refractivity contribution in [1.29, 1.82) is 0 Å². The summed E-state index contributed by atoms with van der Waals surface area (Å²) in [5, 5.41) is 11.4. The molecule has 0 spiro atoms. The van der Waals surface area contributed by atoms with E-state index in [-0.39, 0.29) is 30.2 Å². The number of sulfonamides is 1. The lowest BCUT2D eigenvalue weighted by atomic mass is 9.82. The Morgan fingerprint density at radius 2 is 1.82 bits per heavy atom. The van der Waals surface area contributed by atoms with Gasteiger partial charge < -0.3 is 26.0 Å². The van der Waals surface area contributed by atoms with E-state index < -0.39 is 39.8 Å². The molecule has 14 heteroatoms. The van der Waals surface area contributed by atoms with Gasteiger partial charge in [-0.15, -0.1) is 0 Å². The lowest BCUT2D eigenvalue weighted by molar-refractivity contribution is -0.145. The quantitative estimate of drug-likeness (QED) is 0.393. The van der Waals surface area contributed by atoms with Gasteiger partial charge in [-0.05, 0) is 61.5 Å². The number of nitrogens with one attached hydrogen (secondary N) is 1. The smallest absolute Gasteiger partial charge is 0.290 e. The fraction of sp³-hybridized carbons (Fsp3) is 0.462. The van der Waals surface area contributed by atoms with E-state index in [0.717, 1.165) is 22.7 Å². The predicted octanol–water partition coefficient (Wildman–Crippen LogP) is 0.729. The average molecular weight is 596 g/mol. The van der Waals surface area contributed by atoms with Crippen molar-refractivity contribution in [2.75, 3.05) is 46.3 Å². The highest BCUT2D eigenvalue weighted by molar-refractivity contribution is 7.89. The lowest BCUT2D eigenvalue weighted by Crippen LogP contribution is -2.64. The molecule has 0 aliphatic carbocycles. The van der Waals surface area contributed by atoms with Crippen LogP contribution in [0.2, 0.25) is 5.02 Å². The molecule has 0 aromatic heterocycles. The Hall–Kier alpha value is -3.26. The molecule has 2 aliphatic heterocycles. The molecule has 0 radical (unpaired) electrons. The molecule has 0 saturated carbocycles. The standard InChI is InChI=1S/C25H32ClN5O5S.CH2O2/c1-17(23(33)30-11-3-10-29(2)12-13-30)25(8-9-28-24(25)34)31(16-22(27)32)37(35,36)21-7-5-18-14-20(26)6-4-19(18)15-21;2-1-3/h4-7,14-15,17H,3,8-13,16H2,1-2H3,(H2,27,32)(H,28,34);1H,(H,2,3)/t17-,25+;/m1./s1. The van der Waals surface area contributed by atoms with Crippen molar-refractivity contribution >= 4 is 56.6 Å². The number of rotatable bonds is 7. The van der Waals surface area contributed by atoms with Crippen LogP contribution < -0.4 is 11.1 Å². The van der Waals surface area contributed by atoms with E-state index >= 15 is 0 Å². The SMILES string of the molecule is C[C@H](C(=O)N1CCCN(C)CC1)[C@@]1(N(CC(N)=O)S(=O)(=O)c2ccc3cc(Cl)ccc3c2)CCNC1=O.O=CO. The zero-order chi connectivity index (χ0) is 29.7. The third-order valence-corrected chi connectivity index (χ3v) is 9.53. The maximum absolute atomic E-state index is 14.1. The molecule has 4 rings (SSSR count). The molecule has 2 heterocycles. The zero-order valence-electron chi connectivity index (χ0n) is 22.4. The molecule has 2 aromatic carbocycles. The molecular weight excluding hydrogens is 562 g/mol. The van der Waals surface area contributed by atoms with Gasteiger partial charge in [0, 0.05) is 31.2 Å². The van der Waals surface area contributed by atoms with E-state index in [9.17, 15) is 22.8 Å². The number of halogens is 1. The summed E-state index contributed by atoms with van der Waals surface area (Å²) in [6.07, 6.45) is 0.792. The largest absolute Gasteiger partial charge is 0.483 e. The maximum atomic E-state index is 14.1. The van der Waals surface area contributed by atoms with Crippen molar-refractivity contribution in [1.82, 2.24) is 19.4 Å². The Morgan fingerprint density at radius 1 is 1.18 bits per heavy atom. The number of hydrogen-bond donors (Lipinski definition) is 3. The average Bonchev–Trinajstić information content (AvgIpc) is 3.15. The first kappa shape index (κ1) is 31.3. The first-order valence-corrected chi connectivity index (χ1v) is 14.5. The lowest BCUT2D eigenvalue weighted by Gasteiger charge is -2.42. The van der Waals surface area contributed by atoms with Crippen LogP contribution in [0.4, 0.5) is 0 Å². The summed E-state index contributed by atoms with van der Waals surface area (Å²) >= 11 is 6.06. The predicted molar refractivity (Wildman–Crippen MR) is 149 cm³/mol. The summed E-state index contributed by atoms with van der Waals surface area (Å²) in [6, 6.07) is 9.52. The summed E-state index contributed by atoms with van der Waals surface area (Å²) in [4.78, 5) is 51.4. The fourth-order valence-corrected chi connectivity index (χ4v) is 7.32. The molecule has 218 valence electrons. The van der Waals surface area contributed by atoms with Gasteiger partial charge >= 0.3 is 0 Å². The van der Waals surface area contributed by atoms with Gasteiger partial charge in [0.25, 0.3) is 6.47 Å². The van der Waals surface area contributed by atoms with Gasteiger partial charge in [0.2, 0.25) is 27.7 Å². The van der Waals surface area contributed by atoms with E-state index in [0.29, 0.717) is 30.0 Å². The van der Waals surface area contributed by atoms with Crippen molar-refractivity contribution in [3.05, 3.63) is 41.4 Å². The molecule has 12 nitrogen and oxygen atoms in total. The minimum absolute atomic E-state index is 0.0299. The monoisotopic (exact) mass is 595 g/mol. The molecule has 3 amide bonds. The Bertz CT molecular complexity index is 1390. The van der Waals surface area contributed by atoms with Crippen LogP contribution in [-0.2, 0) is 29.2 Å². The summed E-state index contributed by atoms with van der Waals surface area (Å²) in [7, 11) is -2.46. The zero-order valence-corrected chi connectivity index (χ0v) is 23.9. The van der Waals surface area contributed by atoms with Crippen molar-refractivity contribution in [3.63, 3.8) is 0 Å². The van der Waals surface area contributed by atoms with E-state index in [1.165, 1.54) is 12.1 Å². The Kier molecular flexibility index (Phi) is 10.1. The number of carbonyl (C=O) groups is 4. The Balaban J connectivity index is 0.00000141. The molecule has 2 fully saturated rings. The highest BCUT2D eigenvalue weighted by Gasteiger charge is 2.58. The van der Waals surface area contributed by atoms with Crippen LogP contribution in [0, 0.1) is 5.92 Å². The van der Waals surface area contributed by atoms with Gasteiger partial charge in [-0.25, -0.2) is 8.42 Å². The van der Waals surface area contributed by atoms with Crippen LogP contribution in [0.15, 0.2) is 41.3 Å². The van der Waals surface area contributed by atoms with Crippen LogP contribution in [0.1, 0.15) is 19.8 Å². The second kappa shape index (κ2) is 12.9. The maximum Gasteiger partial charge on any atom is 0.290 e. The normalized spacial score (nSPS) is 20.8. The second-order valence-electron chi connectivity index (χ2n) is 9.87. The first-order chi connectivity index (χ1) is 18.9. The number of amides is 3. The van der Waals surface area contributed by atoms with Crippen LogP contribution in [0.5, 0.6) is 0 Å². The van der Waals surface area contributed by atoms with Gasteiger partial charge in [0.1, 0.15) is 5.54 Å². The number of carbonyl (C=O) groups excluding carboxylic acids is 3. The van der Waals surface area contributed by atoms with Gasteiger partial charge in [-0.2, -0.15) is 4.31 Å². The summed E-state index contributed by atoms with van der Waals surface area (Å²) in [6.45, 7) is 3.21. The minimum atomic E-state index is -4.44. The molecule has 4 N–H and O–H groups in total. The van der Waals surface area contributed by atoms with Crippen LogP contribution in [0.3, 0.4) is 0 Å². The molecular formula is C26H34ClN5O7S. The molecule has 40 heavy (non-hydrogen) atoms. The second-order valence-corrected chi connectivity index (χ2v) is 12.2. The molecule has 2 aromatic rings. The van der Waals surface area contributed by atoms with E-state index in [2.05, 4.69) is 10.2 Å². The molecule has 2 atom stereocenters. The fourth-order valence-electron chi connectivity index (χ4n) is 5.31. The highest BCUT2D eigenvalue weighted by atomic mass is 35.5. The topological polar surface area (TPSA) is 170 Å². The van der Waals surface area contributed by atoms with Crippen LogP contribution in [0.25, 0.3) is 10.8 Å². The number of fused-ring (bicyclic) bond motifs is 1. The summed E-state index contributed by atoms with van der Waals surface area (Å²) in [5.41, 5.74) is 3.70. The highest BCUT2D eigenvalue weighted by Crippen LogP contribution is 2.38. The Morgan fingerprint density at radius 3 is 2.45 bits per heavy atom. The number of nitrogens with two attached hydrogens (primary N) is 1. The molecule has 0 unspecified atom stereocenters. The third-order valence-electron chi connectivity index (χ3n) is 7.41. The van der Waals surface area contributed by atoms with Gasteiger partial charge in [-0.1, -0.05) is 30.7 Å². The van der Waals surface area contributed by atoms with Crippen molar-refractivity contribution in [2.45, 2.75) is 30.2 Å². The molecule has 2 saturated heterocycles. The van der Waals surface area contributed by atoms with Crippen LogP contribution in [-0.4, -0.2) is 104 Å². The van der Waals surface area contributed by atoms with Crippen molar-refractivity contribution in [3.8, 4) is 0 Å².